The zero-order valence-electron chi connectivity index (χ0n) is 18.2. The Hall–Kier alpha value is -3.68. The Morgan fingerprint density at radius 3 is 2.47 bits per heavy atom. The highest BCUT2D eigenvalue weighted by Gasteiger charge is 2.52. The van der Waals surface area contributed by atoms with E-state index in [-0.39, 0.29) is 22.9 Å². The van der Waals surface area contributed by atoms with Gasteiger partial charge in [0.25, 0.3) is 11.8 Å². The molecule has 0 aromatic heterocycles. The fraction of sp³-hybridized carbons (Fsp3) is 0.292. The number of amides is 2. The smallest absolute Gasteiger partial charge is 0.338 e. The van der Waals surface area contributed by atoms with Crippen molar-refractivity contribution >= 4 is 39.2 Å². The molecular weight excluding hydrogens is 458 g/mol. The predicted molar refractivity (Wildman–Crippen MR) is 125 cm³/mol. The molecule has 34 heavy (non-hydrogen) atoms. The Morgan fingerprint density at radius 1 is 1.12 bits per heavy atom. The minimum absolute atomic E-state index is 0.0607. The van der Waals surface area contributed by atoms with E-state index in [1.807, 2.05) is 0 Å². The molecule has 1 fully saturated rings. The summed E-state index contributed by atoms with van der Waals surface area (Å²) < 4.78 is 31.7. The molecule has 1 spiro atoms. The van der Waals surface area contributed by atoms with Gasteiger partial charge in [0, 0.05) is 0 Å². The van der Waals surface area contributed by atoms with Gasteiger partial charge in [-0.05, 0) is 49.2 Å². The summed E-state index contributed by atoms with van der Waals surface area (Å²) in [4.78, 5) is 40.1. The lowest BCUT2D eigenvalue weighted by atomic mass is 9.90. The summed E-state index contributed by atoms with van der Waals surface area (Å²) in [7, 11) is -3.79. The van der Waals surface area contributed by atoms with Crippen molar-refractivity contribution in [1.29, 1.82) is 0 Å². The third-order valence-corrected chi connectivity index (χ3v) is 7.43. The number of para-hydroxylation sites is 2. The summed E-state index contributed by atoms with van der Waals surface area (Å²) in [6, 6.07) is 12.1. The molecule has 2 amide bonds. The lowest BCUT2D eigenvalue weighted by Gasteiger charge is -2.44. The van der Waals surface area contributed by atoms with Crippen LogP contribution in [0.25, 0.3) is 0 Å². The number of fused-ring (bicyclic) bond motifs is 1. The van der Waals surface area contributed by atoms with Gasteiger partial charge in [0.2, 0.25) is 10.0 Å². The number of hydrogen-bond donors (Lipinski definition) is 2. The topological polar surface area (TPSA) is 122 Å². The maximum atomic E-state index is 13.3. The Labute approximate surface area is 197 Å². The minimum atomic E-state index is -3.79. The number of carbonyl (C=O) groups excluding carboxylic acids is 3. The maximum absolute atomic E-state index is 13.3. The highest BCUT2D eigenvalue weighted by Crippen LogP contribution is 2.45. The first-order valence-electron chi connectivity index (χ1n) is 10.7. The van der Waals surface area contributed by atoms with Crippen LogP contribution in [0.3, 0.4) is 0 Å². The molecule has 1 aliphatic heterocycles. The fourth-order valence-electron chi connectivity index (χ4n) is 4.39. The lowest BCUT2D eigenvalue weighted by Crippen LogP contribution is -2.61. The van der Waals surface area contributed by atoms with Crippen molar-refractivity contribution in [1.82, 2.24) is 4.72 Å². The Bertz CT molecular complexity index is 1270. The van der Waals surface area contributed by atoms with Crippen molar-refractivity contribution in [2.24, 2.45) is 0 Å². The van der Waals surface area contributed by atoms with Gasteiger partial charge in [0.1, 0.15) is 5.54 Å². The molecule has 2 aromatic rings. The van der Waals surface area contributed by atoms with Crippen molar-refractivity contribution in [2.45, 2.75) is 36.1 Å². The molecule has 0 saturated heterocycles. The van der Waals surface area contributed by atoms with Crippen LogP contribution in [0.4, 0.5) is 11.4 Å². The number of nitrogens with one attached hydrogen (secondary N) is 2. The summed E-state index contributed by atoms with van der Waals surface area (Å²) in [5.41, 5.74) is 0.175. The highest BCUT2D eigenvalue weighted by atomic mass is 32.2. The zero-order chi connectivity index (χ0) is 24.3. The molecule has 9 nitrogen and oxygen atoms in total. The third-order valence-electron chi connectivity index (χ3n) is 6.02. The second kappa shape index (κ2) is 9.29. The molecule has 0 atom stereocenters. The molecule has 0 unspecified atom stereocenters. The van der Waals surface area contributed by atoms with Crippen molar-refractivity contribution in [3.63, 3.8) is 0 Å². The number of terminal acetylenes is 1. The molecule has 1 heterocycles. The molecule has 10 heteroatoms. The second-order valence-electron chi connectivity index (χ2n) is 8.07. The maximum Gasteiger partial charge on any atom is 0.338 e. The van der Waals surface area contributed by atoms with Crippen LogP contribution in [-0.2, 0) is 24.3 Å². The van der Waals surface area contributed by atoms with Crippen molar-refractivity contribution in [3.05, 3.63) is 54.1 Å². The lowest BCUT2D eigenvalue weighted by molar-refractivity contribution is -0.129. The Morgan fingerprint density at radius 2 is 1.79 bits per heavy atom. The van der Waals surface area contributed by atoms with Crippen LogP contribution in [0.2, 0.25) is 0 Å². The molecule has 2 N–H and O–H groups in total. The van der Waals surface area contributed by atoms with Gasteiger partial charge in [-0.1, -0.05) is 30.9 Å². The van der Waals surface area contributed by atoms with Crippen LogP contribution in [0, 0.1) is 12.3 Å². The fourth-order valence-corrected chi connectivity index (χ4v) is 5.33. The highest BCUT2D eigenvalue weighted by molar-refractivity contribution is 7.89. The summed E-state index contributed by atoms with van der Waals surface area (Å²) >= 11 is 0. The minimum Gasteiger partial charge on any atom is -0.452 e. The quantitative estimate of drug-likeness (QED) is 0.481. The average molecular weight is 482 g/mol. The van der Waals surface area contributed by atoms with Gasteiger partial charge < -0.3 is 10.1 Å². The number of anilines is 2. The van der Waals surface area contributed by atoms with Crippen LogP contribution in [0.15, 0.2) is 53.4 Å². The van der Waals surface area contributed by atoms with Gasteiger partial charge in [-0.25, -0.2) is 13.2 Å². The summed E-state index contributed by atoms with van der Waals surface area (Å²) in [6.45, 7) is -0.723. The molecular formula is C24H23N3O6S. The molecule has 2 aliphatic rings. The molecule has 0 radical (unpaired) electrons. The van der Waals surface area contributed by atoms with Gasteiger partial charge in [0.15, 0.2) is 6.61 Å². The largest absolute Gasteiger partial charge is 0.452 e. The first kappa shape index (κ1) is 23.5. The van der Waals surface area contributed by atoms with Gasteiger partial charge >= 0.3 is 5.97 Å². The molecule has 0 bridgehead atoms. The number of benzene rings is 2. The standard InChI is InChI=1S/C24H23N3O6S/c1-2-15-25-34(31,32)18-11-9-17(10-12-18)22(29)33-16-21(28)27-20-8-4-3-7-19(20)26-23(30)24(27)13-5-6-14-24/h1,3-4,7-12,25H,5-6,13-16H2,(H,26,30). The van der Waals surface area contributed by atoms with E-state index in [0.717, 1.165) is 12.8 Å². The molecule has 4 rings (SSSR count). The monoisotopic (exact) mass is 481 g/mol. The first-order valence-corrected chi connectivity index (χ1v) is 12.2. The van der Waals surface area contributed by atoms with E-state index in [9.17, 15) is 22.8 Å². The molecule has 176 valence electrons. The normalized spacial score (nSPS) is 16.4. The van der Waals surface area contributed by atoms with Crippen LogP contribution >= 0.6 is 0 Å². The van der Waals surface area contributed by atoms with E-state index in [2.05, 4.69) is 16.0 Å². The van der Waals surface area contributed by atoms with E-state index in [4.69, 9.17) is 11.2 Å². The van der Waals surface area contributed by atoms with Crippen LogP contribution in [0.1, 0.15) is 36.0 Å². The number of carbonyl (C=O) groups is 3. The van der Waals surface area contributed by atoms with Gasteiger partial charge in [0.05, 0.1) is 28.4 Å². The second-order valence-corrected chi connectivity index (χ2v) is 9.84. The SMILES string of the molecule is C#CCNS(=O)(=O)c1ccc(C(=O)OCC(=O)N2c3ccccc3NC(=O)C23CCCC3)cc1. The van der Waals surface area contributed by atoms with Crippen LogP contribution in [0.5, 0.6) is 0 Å². The van der Waals surface area contributed by atoms with Crippen LogP contribution < -0.4 is 14.9 Å². The van der Waals surface area contributed by atoms with Crippen molar-refractivity contribution in [3.8, 4) is 12.3 Å². The van der Waals surface area contributed by atoms with Crippen molar-refractivity contribution < 1.29 is 27.5 Å². The number of sulfonamides is 1. The van der Waals surface area contributed by atoms with Gasteiger partial charge in [-0.15, -0.1) is 6.42 Å². The van der Waals surface area contributed by atoms with Crippen molar-refractivity contribution in [2.75, 3.05) is 23.4 Å². The Balaban J connectivity index is 1.49. The first-order chi connectivity index (χ1) is 16.3. The van der Waals surface area contributed by atoms with E-state index < -0.39 is 34.0 Å². The van der Waals surface area contributed by atoms with Gasteiger partial charge in [-0.3, -0.25) is 14.5 Å². The predicted octanol–water partition coefficient (Wildman–Crippen LogP) is 2.05. The molecule has 2 aromatic carbocycles. The van der Waals surface area contributed by atoms with E-state index in [1.165, 1.54) is 29.2 Å². The van der Waals surface area contributed by atoms with E-state index in [0.29, 0.717) is 24.2 Å². The summed E-state index contributed by atoms with van der Waals surface area (Å²) in [5, 5.41) is 2.89. The van der Waals surface area contributed by atoms with E-state index in [1.54, 1.807) is 24.3 Å². The number of ether oxygens (including phenoxy) is 1. The van der Waals surface area contributed by atoms with E-state index >= 15 is 0 Å². The number of rotatable bonds is 6. The number of esters is 1. The Kier molecular flexibility index (Phi) is 6.41. The molecule has 1 aliphatic carbocycles. The number of nitrogens with zero attached hydrogens (tertiary/aromatic N) is 1. The number of hydrogen-bond acceptors (Lipinski definition) is 6. The summed E-state index contributed by atoms with van der Waals surface area (Å²) in [5.74, 6) is 0.650. The van der Waals surface area contributed by atoms with Crippen LogP contribution in [-0.4, -0.2) is 44.9 Å². The average Bonchev–Trinajstić information content (AvgIpc) is 3.32. The third kappa shape index (κ3) is 4.27. The zero-order valence-corrected chi connectivity index (χ0v) is 19.1. The molecule has 1 saturated carbocycles. The summed E-state index contributed by atoms with van der Waals surface area (Å²) in [6.07, 6.45) is 7.74. The van der Waals surface area contributed by atoms with Gasteiger partial charge in [-0.2, -0.15) is 4.72 Å².